The van der Waals surface area contributed by atoms with Gasteiger partial charge in [-0.3, -0.25) is 0 Å². The summed E-state index contributed by atoms with van der Waals surface area (Å²) in [5.74, 6) is 0.0630. The Hall–Kier alpha value is -1.42. The fraction of sp³-hybridized carbons (Fsp3) is 0.609. The molecule has 29 heavy (non-hydrogen) atoms. The van der Waals surface area contributed by atoms with Crippen LogP contribution < -0.4 is 0 Å². The molecule has 1 atom stereocenters. The second kappa shape index (κ2) is 8.75. The van der Waals surface area contributed by atoms with Crippen LogP contribution in [0.2, 0.25) is 16.6 Å². The molecule has 1 aliphatic rings. The topological polar surface area (TPSA) is 61.2 Å². The van der Waals surface area contributed by atoms with Crippen LogP contribution in [-0.4, -0.2) is 33.9 Å². The molecule has 1 fully saturated rings. The molecular weight excluding hydrogens is 396 g/mol. The zero-order valence-corrected chi connectivity index (χ0v) is 21.0. The summed E-state index contributed by atoms with van der Waals surface area (Å²) in [7, 11) is -5.71. The molecular formula is C23H36N2O2SSi. The van der Waals surface area contributed by atoms with Crippen LogP contribution in [0.5, 0.6) is 0 Å². The number of aryl methyl sites for hydroxylation is 1. The van der Waals surface area contributed by atoms with Crippen LogP contribution in [0.4, 0.5) is 0 Å². The lowest BCUT2D eigenvalue weighted by Gasteiger charge is -2.43. The van der Waals surface area contributed by atoms with E-state index in [2.05, 4.69) is 54.5 Å². The van der Waals surface area contributed by atoms with E-state index < -0.39 is 18.1 Å². The van der Waals surface area contributed by atoms with Gasteiger partial charge in [-0.2, -0.15) is 9.57 Å². The highest BCUT2D eigenvalue weighted by molar-refractivity contribution is 7.89. The average Bonchev–Trinajstić information content (AvgIpc) is 3.01. The molecule has 2 rings (SSSR count). The minimum atomic E-state index is -3.56. The van der Waals surface area contributed by atoms with Crippen LogP contribution in [0.25, 0.3) is 0 Å². The van der Waals surface area contributed by atoms with E-state index in [0.717, 1.165) is 16.3 Å². The Morgan fingerprint density at radius 3 is 1.97 bits per heavy atom. The summed E-state index contributed by atoms with van der Waals surface area (Å²) in [5.41, 5.74) is 3.33. The Balaban J connectivity index is 2.58. The van der Waals surface area contributed by atoms with Gasteiger partial charge < -0.3 is 0 Å². The fourth-order valence-corrected chi connectivity index (χ4v) is 13.8. The molecule has 0 bridgehead atoms. The van der Waals surface area contributed by atoms with Gasteiger partial charge in [0.25, 0.3) is 0 Å². The lowest BCUT2D eigenvalue weighted by Crippen LogP contribution is -2.47. The monoisotopic (exact) mass is 432 g/mol. The summed E-state index contributed by atoms with van der Waals surface area (Å²) in [4.78, 5) is 0.329. The van der Waals surface area contributed by atoms with Crippen LogP contribution in [0.3, 0.4) is 0 Å². The largest absolute Gasteiger partial charge is 0.243 e. The van der Waals surface area contributed by atoms with Crippen LogP contribution in [0.1, 0.15) is 54.0 Å². The molecule has 160 valence electrons. The maximum Gasteiger partial charge on any atom is 0.243 e. The van der Waals surface area contributed by atoms with E-state index >= 15 is 0 Å². The van der Waals surface area contributed by atoms with Crippen molar-refractivity contribution in [2.75, 3.05) is 13.1 Å². The first-order valence-corrected chi connectivity index (χ1v) is 14.3. The fourth-order valence-electron chi connectivity index (χ4n) is 5.51. The number of benzene rings is 1. The normalized spacial score (nSPS) is 20.6. The van der Waals surface area contributed by atoms with E-state index in [1.54, 1.807) is 16.4 Å². The molecule has 1 saturated heterocycles. The van der Waals surface area contributed by atoms with Crippen molar-refractivity contribution in [3.05, 3.63) is 40.6 Å². The van der Waals surface area contributed by atoms with Crippen LogP contribution >= 0.6 is 0 Å². The molecule has 6 heteroatoms. The van der Waals surface area contributed by atoms with Crippen molar-refractivity contribution in [3.8, 4) is 6.07 Å². The smallest absolute Gasteiger partial charge is 0.207 e. The van der Waals surface area contributed by atoms with E-state index in [-0.39, 0.29) is 5.92 Å². The van der Waals surface area contributed by atoms with Gasteiger partial charge in [-0.25, -0.2) is 8.42 Å². The van der Waals surface area contributed by atoms with Gasteiger partial charge in [-0.1, -0.05) is 66.2 Å². The molecule has 1 aliphatic heterocycles. The van der Waals surface area contributed by atoms with Gasteiger partial charge in [0, 0.05) is 18.3 Å². The predicted molar refractivity (Wildman–Crippen MR) is 123 cm³/mol. The number of nitriles is 1. The van der Waals surface area contributed by atoms with Crippen molar-refractivity contribution in [3.63, 3.8) is 0 Å². The first kappa shape index (κ1) is 23.9. The Bertz CT molecular complexity index is 887. The molecule has 1 unspecified atom stereocenters. The highest BCUT2D eigenvalue weighted by atomic mass is 32.2. The lowest BCUT2D eigenvalue weighted by molar-refractivity contribution is 0.464. The standard InChI is InChI=1S/C23H36N2O2SSi/c1-16(2)29(17(3)4,18(5)6)23(13-24)22-15-25(14-20(22)8)28(26,27)21-11-9-19(7)10-12-21/h9-12,16-18,20H,14-15H2,1-8H3/b23-22-. The van der Waals surface area contributed by atoms with Crippen molar-refractivity contribution in [1.29, 1.82) is 5.26 Å². The Morgan fingerprint density at radius 1 is 1.07 bits per heavy atom. The summed E-state index contributed by atoms with van der Waals surface area (Å²) >= 11 is 0. The van der Waals surface area contributed by atoms with Gasteiger partial charge >= 0.3 is 0 Å². The number of hydrogen-bond donors (Lipinski definition) is 0. The minimum absolute atomic E-state index is 0.0630. The number of hydrogen-bond acceptors (Lipinski definition) is 3. The maximum absolute atomic E-state index is 13.2. The van der Waals surface area contributed by atoms with Gasteiger partial charge in [0.05, 0.1) is 11.0 Å². The van der Waals surface area contributed by atoms with E-state index in [0.29, 0.717) is 34.6 Å². The molecule has 0 radical (unpaired) electrons. The van der Waals surface area contributed by atoms with Gasteiger partial charge in [0.2, 0.25) is 10.0 Å². The zero-order chi connectivity index (χ0) is 22.1. The average molecular weight is 433 g/mol. The molecule has 0 spiro atoms. The van der Waals surface area contributed by atoms with Crippen molar-refractivity contribution in [2.24, 2.45) is 5.92 Å². The van der Waals surface area contributed by atoms with Gasteiger partial charge in [-0.05, 0) is 47.2 Å². The molecule has 1 aromatic rings. The van der Waals surface area contributed by atoms with E-state index in [4.69, 9.17) is 0 Å². The molecule has 4 nitrogen and oxygen atoms in total. The highest BCUT2D eigenvalue weighted by Crippen LogP contribution is 2.48. The van der Waals surface area contributed by atoms with Crippen molar-refractivity contribution in [2.45, 2.75) is 76.9 Å². The van der Waals surface area contributed by atoms with Crippen LogP contribution in [-0.2, 0) is 10.0 Å². The third-order valence-corrected chi connectivity index (χ3v) is 15.7. The highest BCUT2D eigenvalue weighted by Gasteiger charge is 2.49. The van der Waals surface area contributed by atoms with E-state index in [1.807, 2.05) is 19.1 Å². The number of sulfonamides is 1. The Kier molecular flexibility index (Phi) is 7.20. The zero-order valence-electron chi connectivity index (χ0n) is 19.2. The molecule has 0 saturated carbocycles. The summed E-state index contributed by atoms with van der Waals surface area (Å²) in [6.07, 6.45) is 0. The van der Waals surface area contributed by atoms with Gasteiger partial charge in [0.1, 0.15) is 8.07 Å². The predicted octanol–water partition coefficient (Wildman–Crippen LogP) is 5.67. The molecule has 0 aromatic heterocycles. The molecule has 1 heterocycles. The molecule has 0 aliphatic carbocycles. The van der Waals surface area contributed by atoms with E-state index in [9.17, 15) is 13.7 Å². The van der Waals surface area contributed by atoms with Crippen molar-refractivity contribution >= 4 is 18.1 Å². The van der Waals surface area contributed by atoms with Crippen LogP contribution in [0, 0.1) is 24.2 Å². The maximum atomic E-state index is 13.2. The second-order valence-electron chi connectivity index (χ2n) is 9.42. The molecule has 1 aromatic carbocycles. The van der Waals surface area contributed by atoms with Crippen LogP contribution in [0.15, 0.2) is 39.9 Å². The number of nitrogens with zero attached hydrogens (tertiary/aromatic N) is 2. The summed E-state index contributed by atoms with van der Waals surface area (Å²) in [6, 6.07) is 9.62. The molecule has 0 N–H and O–H groups in total. The van der Waals surface area contributed by atoms with Crippen molar-refractivity contribution in [1.82, 2.24) is 4.31 Å². The summed E-state index contributed by atoms with van der Waals surface area (Å²) in [6.45, 7) is 18.2. The quantitative estimate of drug-likeness (QED) is 0.429. The SMILES string of the molecule is Cc1ccc(S(=O)(=O)N2C/C(=C(\C#N)[Si](C(C)C)(C(C)C)C(C)C)C(C)C2)cc1. The minimum Gasteiger partial charge on any atom is -0.207 e. The summed E-state index contributed by atoms with van der Waals surface area (Å²) < 4.78 is 28.0. The second-order valence-corrected chi connectivity index (χ2v) is 17.2. The summed E-state index contributed by atoms with van der Waals surface area (Å²) in [5, 5.41) is 11.2. The first-order valence-electron chi connectivity index (χ1n) is 10.6. The number of allylic oxidation sites excluding steroid dienone is 1. The third-order valence-electron chi connectivity index (χ3n) is 6.81. The Labute approximate surface area is 178 Å². The lowest BCUT2D eigenvalue weighted by atomic mass is 10.1. The third kappa shape index (κ3) is 4.10. The van der Waals surface area contributed by atoms with Gasteiger partial charge in [0.15, 0.2) is 0 Å². The van der Waals surface area contributed by atoms with Crippen molar-refractivity contribution < 1.29 is 8.42 Å². The van der Waals surface area contributed by atoms with Gasteiger partial charge in [-0.15, -0.1) is 0 Å². The first-order chi connectivity index (χ1) is 13.4. The van der Waals surface area contributed by atoms with E-state index in [1.165, 1.54) is 0 Å². The Morgan fingerprint density at radius 2 is 1.55 bits per heavy atom. The molecule has 0 amide bonds. The number of rotatable bonds is 6.